The van der Waals surface area contributed by atoms with Crippen molar-refractivity contribution in [2.75, 3.05) is 20.1 Å². The van der Waals surface area contributed by atoms with E-state index in [1.807, 2.05) is 25.4 Å². The van der Waals surface area contributed by atoms with Crippen molar-refractivity contribution in [1.29, 1.82) is 0 Å². The highest BCUT2D eigenvalue weighted by molar-refractivity contribution is 5.19. The van der Waals surface area contributed by atoms with Crippen molar-refractivity contribution >= 4 is 0 Å². The Morgan fingerprint density at radius 2 is 1.85 bits per heavy atom. The molecule has 1 N–H and O–H groups in total. The Morgan fingerprint density at radius 1 is 1.10 bits per heavy atom. The van der Waals surface area contributed by atoms with Crippen LogP contribution in [0.3, 0.4) is 0 Å². The molecule has 106 valence electrons. The molecule has 0 amide bonds. The van der Waals surface area contributed by atoms with E-state index in [-0.39, 0.29) is 0 Å². The van der Waals surface area contributed by atoms with Gasteiger partial charge in [-0.1, -0.05) is 43.3 Å². The molecule has 2 aromatic rings. The molecule has 0 saturated heterocycles. The maximum Gasteiger partial charge on any atom is 0.0543 e. The van der Waals surface area contributed by atoms with Gasteiger partial charge in [0.1, 0.15) is 0 Å². The van der Waals surface area contributed by atoms with Gasteiger partial charge in [0.25, 0.3) is 0 Å². The molecule has 1 heterocycles. The Bertz CT molecular complexity index is 484. The van der Waals surface area contributed by atoms with E-state index in [1.165, 1.54) is 5.56 Å². The van der Waals surface area contributed by atoms with Crippen molar-refractivity contribution in [2.45, 2.75) is 19.5 Å². The first-order chi connectivity index (χ1) is 9.83. The van der Waals surface area contributed by atoms with Gasteiger partial charge in [-0.15, -0.1) is 0 Å². The predicted octanol–water partition coefficient (Wildman–Crippen LogP) is 2.86. The lowest BCUT2D eigenvalue weighted by Crippen LogP contribution is -2.33. The van der Waals surface area contributed by atoms with E-state index in [0.717, 1.165) is 25.3 Å². The number of rotatable bonds is 7. The summed E-state index contributed by atoms with van der Waals surface area (Å²) >= 11 is 0. The number of hydrogen-bond donors (Lipinski definition) is 1. The lowest BCUT2D eigenvalue weighted by Gasteiger charge is -2.26. The quantitative estimate of drug-likeness (QED) is 0.837. The topological polar surface area (TPSA) is 28.2 Å². The Labute approximate surface area is 121 Å². The van der Waals surface area contributed by atoms with Crippen molar-refractivity contribution in [1.82, 2.24) is 15.2 Å². The molecule has 1 unspecified atom stereocenters. The lowest BCUT2D eigenvalue weighted by molar-refractivity contribution is 0.247. The molecule has 0 aliphatic carbocycles. The number of likely N-dealkylation sites (N-methyl/N-ethyl adjacent to an activating group) is 2. The lowest BCUT2D eigenvalue weighted by atomic mass is 10.1. The second-order valence-corrected chi connectivity index (χ2v) is 4.90. The summed E-state index contributed by atoms with van der Waals surface area (Å²) in [4.78, 5) is 6.82. The van der Waals surface area contributed by atoms with Gasteiger partial charge >= 0.3 is 0 Å². The highest BCUT2D eigenvalue weighted by Crippen LogP contribution is 2.14. The van der Waals surface area contributed by atoms with Gasteiger partial charge < -0.3 is 5.32 Å². The summed E-state index contributed by atoms with van der Waals surface area (Å²) in [6.07, 6.45) is 1.86. The molecule has 3 heteroatoms. The van der Waals surface area contributed by atoms with Gasteiger partial charge in [-0.05, 0) is 31.3 Å². The minimum Gasteiger partial charge on any atom is -0.312 e. The SMILES string of the molecule is CCN(Cc1ccccn1)CC(NC)c1ccccc1. The van der Waals surface area contributed by atoms with Crippen LogP contribution in [0.15, 0.2) is 54.7 Å². The predicted molar refractivity (Wildman–Crippen MR) is 83.4 cm³/mol. The third-order valence-corrected chi connectivity index (χ3v) is 3.55. The number of pyridine rings is 1. The maximum atomic E-state index is 4.41. The zero-order chi connectivity index (χ0) is 14.2. The minimum absolute atomic E-state index is 0.347. The molecule has 0 fully saturated rings. The first-order valence-corrected chi connectivity index (χ1v) is 7.18. The van der Waals surface area contributed by atoms with Crippen LogP contribution in [0.1, 0.15) is 24.2 Å². The fourth-order valence-electron chi connectivity index (χ4n) is 2.33. The zero-order valence-corrected chi connectivity index (χ0v) is 12.3. The zero-order valence-electron chi connectivity index (χ0n) is 12.3. The normalized spacial score (nSPS) is 12.6. The average Bonchev–Trinajstić information content (AvgIpc) is 2.53. The minimum atomic E-state index is 0.347. The number of nitrogens with zero attached hydrogens (tertiary/aromatic N) is 2. The maximum absolute atomic E-state index is 4.41. The summed E-state index contributed by atoms with van der Waals surface area (Å²) in [5, 5.41) is 3.41. The van der Waals surface area contributed by atoms with Crippen molar-refractivity contribution in [3.8, 4) is 0 Å². The van der Waals surface area contributed by atoms with Crippen LogP contribution < -0.4 is 5.32 Å². The highest BCUT2D eigenvalue weighted by atomic mass is 15.1. The number of benzene rings is 1. The van der Waals surface area contributed by atoms with E-state index < -0.39 is 0 Å². The van der Waals surface area contributed by atoms with Gasteiger partial charge in [0, 0.05) is 25.3 Å². The van der Waals surface area contributed by atoms with Gasteiger partial charge in [-0.3, -0.25) is 9.88 Å². The van der Waals surface area contributed by atoms with Crippen LogP contribution in [0, 0.1) is 0 Å². The molecule has 0 aliphatic rings. The largest absolute Gasteiger partial charge is 0.312 e. The molecule has 0 bridgehead atoms. The molecule has 0 saturated carbocycles. The smallest absolute Gasteiger partial charge is 0.0543 e. The average molecular weight is 269 g/mol. The van der Waals surface area contributed by atoms with Crippen LogP contribution in [0.4, 0.5) is 0 Å². The molecule has 1 atom stereocenters. The van der Waals surface area contributed by atoms with Crippen LogP contribution in [0.5, 0.6) is 0 Å². The standard InChI is InChI=1S/C17H23N3/c1-3-20(13-16-11-7-8-12-19-16)14-17(18-2)15-9-5-4-6-10-15/h4-12,17-18H,3,13-14H2,1-2H3. The Balaban J connectivity index is 2.01. The van der Waals surface area contributed by atoms with Crippen molar-refractivity contribution in [3.05, 3.63) is 66.0 Å². The monoisotopic (exact) mass is 269 g/mol. The van der Waals surface area contributed by atoms with Crippen LogP contribution >= 0.6 is 0 Å². The molecular formula is C17H23N3. The Kier molecular flexibility index (Phi) is 5.71. The summed E-state index contributed by atoms with van der Waals surface area (Å²) < 4.78 is 0. The number of aromatic nitrogens is 1. The first kappa shape index (κ1) is 14.7. The van der Waals surface area contributed by atoms with Crippen LogP contribution in [0.25, 0.3) is 0 Å². The Hall–Kier alpha value is -1.71. The molecule has 0 spiro atoms. The fourth-order valence-corrected chi connectivity index (χ4v) is 2.33. The van der Waals surface area contributed by atoms with Crippen LogP contribution in [-0.2, 0) is 6.54 Å². The molecule has 1 aromatic carbocycles. The molecule has 2 rings (SSSR count). The summed E-state index contributed by atoms with van der Waals surface area (Å²) in [5.74, 6) is 0. The first-order valence-electron chi connectivity index (χ1n) is 7.18. The van der Waals surface area contributed by atoms with Crippen LogP contribution in [-0.4, -0.2) is 30.0 Å². The van der Waals surface area contributed by atoms with E-state index in [2.05, 4.69) is 58.5 Å². The molecule has 0 aliphatic heterocycles. The van der Waals surface area contributed by atoms with E-state index in [1.54, 1.807) is 0 Å². The third kappa shape index (κ3) is 4.15. The summed E-state index contributed by atoms with van der Waals surface area (Å²) in [6.45, 7) is 5.08. The fraction of sp³-hybridized carbons (Fsp3) is 0.353. The van der Waals surface area contributed by atoms with Crippen molar-refractivity contribution < 1.29 is 0 Å². The molecule has 3 nitrogen and oxygen atoms in total. The highest BCUT2D eigenvalue weighted by Gasteiger charge is 2.13. The van der Waals surface area contributed by atoms with Gasteiger partial charge in [0.15, 0.2) is 0 Å². The second-order valence-electron chi connectivity index (χ2n) is 4.90. The van der Waals surface area contributed by atoms with E-state index in [4.69, 9.17) is 0 Å². The molecule has 0 radical (unpaired) electrons. The molecular weight excluding hydrogens is 246 g/mol. The van der Waals surface area contributed by atoms with Crippen molar-refractivity contribution in [2.24, 2.45) is 0 Å². The van der Waals surface area contributed by atoms with Gasteiger partial charge in [-0.25, -0.2) is 0 Å². The number of hydrogen-bond acceptors (Lipinski definition) is 3. The molecule has 1 aromatic heterocycles. The molecule has 20 heavy (non-hydrogen) atoms. The van der Waals surface area contributed by atoms with Gasteiger partial charge in [0.05, 0.1) is 5.69 Å². The van der Waals surface area contributed by atoms with E-state index in [9.17, 15) is 0 Å². The number of nitrogens with one attached hydrogen (secondary N) is 1. The summed E-state index contributed by atoms with van der Waals surface area (Å²) in [6, 6.07) is 17.0. The van der Waals surface area contributed by atoms with Gasteiger partial charge in [0.2, 0.25) is 0 Å². The van der Waals surface area contributed by atoms with E-state index in [0.29, 0.717) is 6.04 Å². The van der Waals surface area contributed by atoms with E-state index >= 15 is 0 Å². The summed E-state index contributed by atoms with van der Waals surface area (Å²) in [7, 11) is 2.02. The van der Waals surface area contributed by atoms with Crippen LogP contribution in [0.2, 0.25) is 0 Å². The van der Waals surface area contributed by atoms with Gasteiger partial charge in [-0.2, -0.15) is 0 Å². The second kappa shape index (κ2) is 7.78. The third-order valence-electron chi connectivity index (χ3n) is 3.55. The Morgan fingerprint density at radius 3 is 2.45 bits per heavy atom. The van der Waals surface area contributed by atoms with Crippen molar-refractivity contribution in [3.63, 3.8) is 0 Å². The summed E-state index contributed by atoms with van der Waals surface area (Å²) in [5.41, 5.74) is 2.45.